The van der Waals surface area contributed by atoms with Crippen molar-refractivity contribution in [3.8, 4) is 5.75 Å². The molecule has 0 spiro atoms. The minimum atomic E-state index is -0.868. The van der Waals surface area contributed by atoms with Crippen LogP contribution in [-0.4, -0.2) is 11.0 Å². The number of nitrogens with one attached hydrogen (secondary N) is 1. The summed E-state index contributed by atoms with van der Waals surface area (Å²) >= 11 is 4.48. The molecule has 1 aromatic carbocycles. The molecule has 2 heterocycles. The van der Waals surface area contributed by atoms with Gasteiger partial charge in [-0.25, -0.2) is 4.79 Å². The largest absolute Gasteiger partial charge is 0.505 e. The van der Waals surface area contributed by atoms with Gasteiger partial charge in [-0.15, -0.1) is 11.3 Å². The van der Waals surface area contributed by atoms with Crippen LogP contribution in [0, 0.1) is 0 Å². The molecule has 0 aliphatic carbocycles. The Morgan fingerprint density at radius 2 is 1.95 bits per heavy atom. The van der Waals surface area contributed by atoms with Crippen molar-refractivity contribution in [1.82, 2.24) is 0 Å². The van der Waals surface area contributed by atoms with Crippen LogP contribution in [0.15, 0.2) is 49.4 Å². The summed E-state index contributed by atoms with van der Waals surface area (Å²) in [7, 11) is 0. The van der Waals surface area contributed by atoms with Crippen LogP contribution in [0.4, 0.5) is 5.69 Å². The van der Waals surface area contributed by atoms with Crippen LogP contribution in [0.25, 0.3) is 10.3 Å². The van der Waals surface area contributed by atoms with Crippen molar-refractivity contribution in [2.45, 2.75) is 0 Å². The van der Waals surface area contributed by atoms with Gasteiger partial charge in [0.05, 0.1) is 0 Å². The average Bonchev–Trinajstić information content (AvgIpc) is 2.90. The van der Waals surface area contributed by atoms with Gasteiger partial charge in [-0.3, -0.25) is 4.79 Å². The van der Waals surface area contributed by atoms with Crippen molar-refractivity contribution in [2.24, 2.45) is 0 Å². The van der Waals surface area contributed by atoms with E-state index >= 15 is 0 Å². The second-order valence-corrected chi connectivity index (χ2v) is 6.02. The second-order valence-electron chi connectivity index (χ2n) is 4.19. The van der Waals surface area contributed by atoms with Crippen molar-refractivity contribution in [3.63, 3.8) is 0 Å². The fourth-order valence-electron chi connectivity index (χ4n) is 1.84. The fraction of sp³-hybridized carbons (Fsp3) is 0. The van der Waals surface area contributed by atoms with Gasteiger partial charge in [0, 0.05) is 10.2 Å². The summed E-state index contributed by atoms with van der Waals surface area (Å²) in [6.45, 7) is 0. The molecule has 0 saturated heterocycles. The third-order valence-electron chi connectivity index (χ3n) is 2.82. The first-order chi connectivity index (χ1) is 10.1. The highest BCUT2D eigenvalue weighted by atomic mass is 79.9. The van der Waals surface area contributed by atoms with Crippen LogP contribution in [0.5, 0.6) is 5.75 Å². The number of amides is 1. The number of benzene rings is 1. The molecular formula is C14H8BrNO4S. The molecule has 0 aliphatic rings. The van der Waals surface area contributed by atoms with E-state index in [1.165, 1.54) is 11.3 Å². The predicted molar refractivity (Wildman–Crippen MR) is 84.1 cm³/mol. The first-order valence-corrected chi connectivity index (χ1v) is 7.53. The van der Waals surface area contributed by atoms with E-state index in [2.05, 4.69) is 21.2 Å². The lowest BCUT2D eigenvalue weighted by molar-refractivity contribution is 0.102. The Hall–Kier alpha value is -2.12. The third kappa shape index (κ3) is 2.57. The summed E-state index contributed by atoms with van der Waals surface area (Å²) in [6, 6.07) is 8.41. The topological polar surface area (TPSA) is 79.5 Å². The minimum absolute atomic E-state index is 0.266. The Balaban J connectivity index is 2.01. The van der Waals surface area contributed by atoms with Gasteiger partial charge < -0.3 is 14.8 Å². The quantitative estimate of drug-likeness (QED) is 0.727. The number of thiophene rings is 1. The lowest BCUT2D eigenvalue weighted by atomic mass is 10.2. The summed E-state index contributed by atoms with van der Waals surface area (Å²) < 4.78 is 6.25. The molecule has 0 radical (unpaired) electrons. The van der Waals surface area contributed by atoms with Gasteiger partial charge in [-0.1, -0.05) is 15.9 Å². The smallest absolute Gasteiger partial charge is 0.353 e. The molecule has 0 bridgehead atoms. The Bertz CT molecular complexity index is 882. The van der Waals surface area contributed by atoms with E-state index < -0.39 is 17.1 Å². The maximum absolute atomic E-state index is 12.2. The molecule has 0 aliphatic heterocycles. The molecule has 0 fully saturated rings. The van der Waals surface area contributed by atoms with Gasteiger partial charge in [0.15, 0.2) is 16.9 Å². The SMILES string of the molecule is O=C(Nc1ccc(Br)cc1)c1c(O)c2sccc2oc1=O. The van der Waals surface area contributed by atoms with Gasteiger partial charge in [0.2, 0.25) is 0 Å². The Labute approximate surface area is 131 Å². The molecule has 0 atom stereocenters. The number of fused-ring (bicyclic) bond motifs is 1. The van der Waals surface area contributed by atoms with E-state index in [-0.39, 0.29) is 11.3 Å². The maximum Gasteiger partial charge on any atom is 0.353 e. The van der Waals surface area contributed by atoms with Gasteiger partial charge >= 0.3 is 5.63 Å². The van der Waals surface area contributed by atoms with Crippen LogP contribution in [0.1, 0.15) is 10.4 Å². The number of hydrogen-bond donors (Lipinski definition) is 2. The third-order valence-corrected chi connectivity index (χ3v) is 4.25. The van der Waals surface area contributed by atoms with Crippen LogP contribution in [0.3, 0.4) is 0 Å². The second kappa shape index (κ2) is 5.34. The van der Waals surface area contributed by atoms with Gasteiger partial charge in [0.1, 0.15) is 4.70 Å². The van der Waals surface area contributed by atoms with Crippen LogP contribution < -0.4 is 10.9 Å². The summed E-state index contributed by atoms with van der Waals surface area (Å²) in [5.74, 6) is -1.07. The van der Waals surface area contributed by atoms with E-state index in [0.717, 1.165) is 4.47 Å². The van der Waals surface area contributed by atoms with E-state index in [9.17, 15) is 14.7 Å². The van der Waals surface area contributed by atoms with Gasteiger partial charge in [-0.2, -0.15) is 0 Å². The Kier molecular flexibility index (Phi) is 3.52. The zero-order valence-corrected chi connectivity index (χ0v) is 12.8. The molecule has 5 nitrogen and oxygen atoms in total. The van der Waals surface area contributed by atoms with Crippen LogP contribution in [-0.2, 0) is 0 Å². The highest BCUT2D eigenvalue weighted by Crippen LogP contribution is 2.31. The van der Waals surface area contributed by atoms with Gasteiger partial charge in [0.25, 0.3) is 5.91 Å². The molecule has 21 heavy (non-hydrogen) atoms. The molecule has 106 valence electrons. The highest BCUT2D eigenvalue weighted by molar-refractivity contribution is 9.10. The van der Waals surface area contributed by atoms with Crippen molar-refractivity contribution in [1.29, 1.82) is 0 Å². The predicted octanol–water partition coefficient (Wildman–Crippen LogP) is 3.57. The molecule has 3 rings (SSSR count). The summed E-state index contributed by atoms with van der Waals surface area (Å²) in [5, 5.41) is 14.3. The molecule has 2 aromatic heterocycles. The first kappa shape index (κ1) is 13.8. The summed E-state index contributed by atoms with van der Waals surface area (Å²) in [4.78, 5) is 24.0. The number of carbonyl (C=O) groups excluding carboxylic acids is 1. The average molecular weight is 366 g/mol. The standard InChI is InChI=1S/C14H8BrNO4S/c15-7-1-3-8(4-2-7)16-13(18)10-11(17)12-9(5-6-21-12)20-14(10)19/h1-6,17H,(H,16,18). The van der Waals surface area contributed by atoms with Gasteiger partial charge in [-0.05, 0) is 35.7 Å². The Morgan fingerprint density at radius 1 is 1.24 bits per heavy atom. The lowest BCUT2D eigenvalue weighted by Gasteiger charge is -2.06. The number of aromatic hydroxyl groups is 1. The molecule has 7 heteroatoms. The van der Waals surface area contributed by atoms with E-state index in [0.29, 0.717) is 10.4 Å². The van der Waals surface area contributed by atoms with Crippen molar-refractivity contribution < 1.29 is 14.3 Å². The van der Waals surface area contributed by atoms with Crippen LogP contribution in [0.2, 0.25) is 0 Å². The number of halogens is 1. The van der Waals surface area contributed by atoms with E-state index in [1.807, 2.05) is 0 Å². The molecular weight excluding hydrogens is 358 g/mol. The van der Waals surface area contributed by atoms with E-state index in [4.69, 9.17) is 4.42 Å². The van der Waals surface area contributed by atoms with Crippen molar-refractivity contribution in [3.05, 3.63) is 56.2 Å². The summed E-state index contributed by atoms with van der Waals surface area (Å²) in [6.07, 6.45) is 0. The highest BCUT2D eigenvalue weighted by Gasteiger charge is 2.21. The van der Waals surface area contributed by atoms with Crippen molar-refractivity contribution >= 4 is 49.1 Å². The van der Waals surface area contributed by atoms with E-state index in [1.54, 1.807) is 35.7 Å². The number of rotatable bonds is 2. The van der Waals surface area contributed by atoms with Crippen LogP contribution >= 0.6 is 27.3 Å². The lowest BCUT2D eigenvalue weighted by Crippen LogP contribution is -2.20. The zero-order chi connectivity index (χ0) is 15.0. The molecule has 2 N–H and O–H groups in total. The normalized spacial score (nSPS) is 10.7. The fourth-order valence-corrected chi connectivity index (χ4v) is 2.87. The Morgan fingerprint density at radius 3 is 2.67 bits per heavy atom. The number of anilines is 1. The molecule has 1 amide bonds. The summed E-state index contributed by atoms with van der Waals surface area (Å²) in [5.41, 5.74) is -0.489. The number of carbonyl (C=O) groups is 1. The maximum atomic E-state index is 12.2. The number of hydrogen-bond acceptors (Lipinski definition) is 5. The van der Waals surface area contributed by atoms with Crippen molar-refractivity contribution in [2.75, 3.05) is 5.32 Å². The monoisotopic (exact) mass is 365 g/mol. The first-order valence-electron chi connectivity index (χ1n) is 5.86. The molecule has 0 saturated carbocycles. The minimum Gasteiger partial charge on any atom is -0.505 e. The zero-order valence-electron chi connectivity index (χ0n) is 10.4. The molecule has 3 aromatic rings. The molecule has 0 unspecified atom stereocenters.